The maximum atomic E-state index is 14.5. The maximum absolute atomic E-state index is 14.5. The van der Waals surface area contributed by atoms with Crippen LogP contribution >= 0.6 is 11.5 Å². The summed E-state index contributed by atoms with van der Waals surface area (Å²) in [5, 5.41) is 16.2. The highest BCUT2D eigenvalue weighted by atomic mass is 32.2. The highest BCUT2D eigenvalue weighted by molar-refractivity contribution is 7.93. The largest absolute Gasteiger partial charge is 0.455 e. The fourth-order valence-corrected chi connectivity index (χ4v) is 13.4. The molecule has 10 rings (SSSR count). The van der Waals surface area contributed by atoms with E-state index >= 15 is 0 Å². The molecule has 0 bridgehead atoms. The minimum absolute atomic E-state index is 0.00978. The molecule has 0 radical (unpaired) electrons. The summed E-state index contributed by atoms with van der Waals surface area (Å²) in [6.07, 6.45) is 10.4. The van der Waals surface area contributed by atoms with E-state index in [1.165, 1.54) is 30.9 Å². The number of likely N-dealkylation sites (tertiary alicyclic amines) is 2. The number of aromatic nitrogens is 4. The van der Waals surface area contributed by atoms with Crippen LogP contribution in [0.25, 0.3) is 22.3 Å². The minimum Gasteiger partial charge on any atom is -0.455 e. The number of amides is 4. The number of pyridine rings is 2. The topological polar surface area (TPSA) is 230 Å². The highest BCUT2D eigenvalue weighted by Gasteiger charge is 2.47. The fraction of sp³-hybridized carbons (Fsp3) is 0.386. The van der Waals surface area contributed by atoms with E-state index in [2.05, 4.69) is 34.7 Å². The van der Waals surface area contributed by atoms with Crippen molar-refractivity contribution in [2.75, 3.05) is 24.9 Å². The van der Waals surface area contributed by atoms with Crippen LogP contribution in [0.1, 0.15) is 98.9 Å². The Balaban J connectivity index is 0.730. The molecule has 4 amide bonds. The molecule has 4 aliphatic rings. The molecule has 17 nitrogen and oxygen atoms in total. The van der Waals surface area contributed by atoms with E-state index in [0.717, 1.165) is 73.8 Å². The predicted octanol–water partition coefficient (Wildman–Crippen LogP) is 9.46. The molecule has 6 aromatic rings. The summed E-state index contributed by atoms with van der Waals surface area (Å²) in [5.74, 6) is -0.993. The Bertz CT molecular complexity index is 3380. The first-order chi connectivity index (χ1) is 38.0. The van der Waals surface area contributed by atoms with E-state index in [4.69, 9.17) is 4.74 Å². The number of halogens is 3. The van der Waals surface area contributed by atoms with Gasteiger partial charge in [0.25, 0.3) is 10.0 Å². The summed E-state index contributed by atoms with van der Waals surface area (Å²) < 4.78 is 82.0. The first-order valence-corrected chi connectivity index (χ1v) is 28.5. The normalized spacial score (nSPS) is 20.6. The quantitative estimate of drug-likeness (QED) is 0.0926. The van der Waals surface area contributed by atoms with Crippen LogP contribution in [0.4, 0.5) is 18.3 Å². The third-order valence-corrected chi connectivity index (χ3v) is 18.2. The van der Waals surface area contributed by atoms with Gasteiger partial charge in [-0.15, -0.1) is 0 Å². The van der Waals surface area contributed by atoms with Crippen LogP contribution < -0.4 is 20.1 Å². The number of ether oxygens (including phenoxy) is 1. The molecular formula is C57H57F3N10O7S2. The van der Waals surface area contributed by atoms with Gasteiger partial charge in [0.05, 0.1) is 28.0 Å². The molecule has 2 aliphatic heterocycles. The Morgan fingerprint density at radius 3 is 2.25 bits per heavy atom. The predicted molar refractivity (Wildman–Crippen MR) is 286 cm³/mol. The highest BCUT2D eigenvalue weighted by Crippen LogP contribution is 2.48. The zero-order valence-electron chi connectivity index (χ0n) is 43.1. The third kappa shape index (κ3) is 12.3. The molecule has 0 unspecified atom stereocenters. The fourth-order valence-electron chi connectivity index (χ4n) is 11.7. The number of hydrogen-bond acceptors (Lipinski definition) is 13. The molecule has 2 saturated carbocycles. The molecule has 410 valence electrons. The second-order valence-electron chi connectivity index (χ2n) is 21.0. The minimum atomic E-state index is -4.71. The number of anilines is 1. The molecule has 3 aromatic carbocycles. The van der Waals surface area contributed by atoms with Crippen molar-refractivity contribution in [2.45, 2.75) is 100 Å². The second kappa shape index (κ2) is 22.9. The Labute approximate surface area is 459 Å². The second-order valence-corrected chi connectivity index (χ2v) is 23.5. The number of carbonyl (C=O) groups excluding carboxylic acids is 4. The number of sulfonamides is 1. The summed E-state index contributed by atoms with van der Waals surface area (Å²) in [6, 6.07) is 20.8. The molecule has 2 atom stereocenters. The van der Waals surface area contributed by atoms with Gasteiger partial charge in [-0.3, -0.25) is 33.9 Å². The van der Waals surface area contributed by atoms with E-state index in [1.807, 2.05) is 23.1 Å². The average Bonchev–Trinajstić information content (AvgIpc) is 4.15. The van der Waals surface area contributed by atoms with E-state index < -0.39 is 27.7 Å². The number of nitrogens with zero attached hydrogens (tertiary/aromatic N) is 7. The van der Waals surface area contributed by atoms with Gasteiger partial charge in [-0.2, -0.15) is 22.8 Å². The Hall–Kier alpha value is -7.77. The SMILES string of the molecule is CN1C(=O)C[C@H](C(=O)N2CCC3(CCC(C(=O)NC4CCC(C(=O)NCc5cc(-c6ccc(Oc7ccc(S(=O)(=O)Nc8ncns8)cc7C#N)c(-c7ccncc7)c6)cc(C(F)(F)F)c5)CC4)CC3)CC2)[C@H]1c1cccnc1. The van der Waals surface area contributed by atoms with Crippen molar-refractivity contribution < 1.29 is 45.5 Å². The van der Waals surface area contributed by atoms with Crippen molar-refractivity contribution in [1.82, 2.24) is 39.8 Å². The van der Waals surface area contributed by atoms with Crippen LogP contribution in [-0.4, -0.2) is 87.4 Å². The van der Waals surface area contributed by atoms with Gasteiger partial charge >= 0.3 is 6.18 Å². The number of rotatable bonds is 14. The lowest BCUT2D eigenvalue weighted by molar-refractivity contribution is -0.140. The monoisotopic (exact) mass is 1110 g/mol. The van der Waals surface area contributed by atoms with Gasteiger partial charge in [0.1, 0.15) is 23.9 Å². The standard InChI is InChI=1S/C57H57F3N10O7S2/c1-69-50(71)30-47(51(69)40-3-2-20-63-33-40)54(74)70-23-18-56(19-24-70)16-12-38(13-17-56)53(73)67-44-7-4-37(5-8-44)52(72)64-32-35-25-41(27-43(26-35)57(58,59)60)39-6-10-49(46(29-39)36-14-21-62-22-15-36)77-48-11-9-45(28-42(48)31-61)79(75,76)68-55-65-34-66-78-55/h2-3,6,9-11,14-15,20-22,25-29,33-34,37-38,44,47,51H,4-5,7-8,12-13,16-19,23-24,30,32H2,1H3,(H,64,72)(H,67,73)(H,65,66,68)/t37?,44?,47-,51+/m0/s1. The van der Waals surface area contributed by atoms with Gasteiger partial charge in [-0.25, -0.2) is 13.4 Å². The zero-order valence-corrected chi connectivity index (χ0v) is 44.8. The van der Waals surface area contributed by atoms with Gasteiger partial charge in [-0.1, -0.05) is 12.1 Å². The summed E-state index contributed by atoms with van der Waals surface area (Å²) in [5.41, 5.74) is 1.81. The molecular weight excluding hydrogens is 1060 g/mol. The van der Waals surface area contributed by atoms with Crippen LogP contribution in [0.3, 0.4) is 0 Å². The van der Waals surface area contributed by atoms with E-state index in [-0.39, 0.29) is 104 Å². The van der Waals surface area contributed by atoms with Gasteiger partial charge in [-0.05, 0) is 164 Å². The molecule has 1 spiro atoms. The average molecular weight is 1120 g/mol. The number of piperidine rings is 1. The molecule has 3 N–H and O–H groups in total. The lowest BCUT2D eigenvalue weighted by atomic mass is 9.65. The smallest absolute Gasteiger partial charge is 0.416 e. The lowest BCUT2D eigenvalue weighted by Gasteiger charge is -2.46. The van der Waals surface area contributed by atoms with Gasteiger partial charge in [0, 0.05) is 92.9 Å². The van der Waals surface area contributed by atoms with Crippen molar-refractivity contribution in [2.24, 2.45) is 23.2 Å². The first-order valence-electron chi connectivity index (χ1n) is 26.3. The van der Waals surface area contributed by atoms with E-state index in [0.29, 0.717) is 55.5 Å². The third-order valence-electron chi connectivity index (χ3n) is 16.2. The summed E-state index contributed by atoms with van der Waals surface area (Å²) in [4.78, 5) is 69.3. The summed E-state index contributed by atoms with van der Waals surface area (Å²) in [6.45, 7) is 1.09. The molecule has 5 heterocycles. The van der Waals surface area contributed by atoms with E-state index in [9.17, 15) is 46.0 Å². The number of alkyl halides is 3. The van der Waals surface area contributed by atoms with Crippen molar-refractivity contribution in [3.63, 3.8) is 0 Å². The molecule has 4 fully saturated rings. The van der Waals surface area contributed by atoms with Gasteiger partial charge in [0.15, 0.2) is 0 Å². The van der Waals surface area contributed by atoms with Crippen LogP contribution in [-0.2, 0) is 41.9 Å². The number of benzene rings is 3. The van der Waals surface area contributed by atoms with Gasteiger partial charge in [0.2, 0.25) is 28.8 Å². The van der Waals surface area contributed by atoms with Crippen molar-refractivity contribution in [1.29, 1.82) is 5.26 Å². The summed E-state index contributed by atoms with van der Waals surface area (Å²) in [7, 11) is -2.39. The Morgan fingerprint density at radius 1 is 0.835 bits per heavy atom. The van der Waals surface area contributed by atoms with Crippen LogP contribution in [0.15, 0.2) is 115 Å². The molecule has 3 aromatic heterocycles. The first kappa shape index (κ1) is 54.6. The van der Waals surface area contributed by atoms with Crippen LogP contribution in [0.5, 0.6) is 11.5 Å². The van der Waals surface area contributed by atoms with Crippen molar-refractivity contribution >= 4 is 50.3 Å². The van der Waals surface area contributed by atoms with E-state index in [1.54, 1.807) is 60.7 Å². The number of carbonyl (C=O) groups is 4. The van der Waals surface area contributed by atoms with Crippen LogP contribution in [0.2, 0.25) is 0 Å². The summed E-state index contributed by atoms with van der Waals surface area (Å²) >= 11 is 0.840. The molecule has 2 aliphatic carbocycles. The molecule has 22 heteroatoms. The zero-order chi connectivity index (χ0) is 55.5. The van der Waals surface area contributed by atoms with Crippen molar-refractivity contribution in [3.05, 3.63) is 132 Å². The number of nitrogens with one attached hydrogen (secondary N) is 3. The Kier molecular flexibility index (Phi) is 15.8. The van der Waals surface area contributed by atoms with Gasteiger partial charge < -0.3 is 25.2 Å². The number of nitriles is 1. The lowest BCUT2D eigenvalue weighted by Crippen LogP contribution is -2.48. The van der Waals surface area contributed by atoms with Crippen LogP contribution in [0, 0.1) is 34.5 Å². The molecule has 2 saturated heterocycles. The maximum Gasteiger partial charge on any atom is 0.416 e. The number of hydrogen-bond donors (Lipinski definition) is 3. The molecule has 79 heavy (non-hydrogen) atoms. The Morgan fingerprint density at radius 2 is 1.57 bits per heavy atom. The van der Waals surface area contributed by atoms with Crippen molar-refractivity contribution in [3.8, 4) is 39.8 Å².